The molecule has 0 aliphatic rings. The second kappa shape index (κ2) is 10.3. The maximum Gasteiger partial charge on any atom is 0.266 e. The number of carbonyl (C=O) groups is 1. The van der Waals surface area contributed by atoms with Gasteiger partial charge in [-0.2, -0.15) is 5.26 Å². The summed E-state index contributed by atoms with van der Waals surface area (Å²) in [4.78, 5) is 12.4. The molecule has 0 saturated heterocycles. The van der Waals surface area contributed by atoms with Crippen LogP contribution in [0.1, 0.15) is 5.56 Å². The summed E-state index contributed by atoms with van der Waals surface area (Å²) in [6.07, 6.45) is 3.23. The lowest BCUT2D eigenvalue weighted by atomic mass is 10.1. The highest BCUT2D eigenvalue weighted by Crippen LogP contribution is 2.30. The van der Waals surface area contributed by atoms with Crippen LogP contribution in [0.25, 0.3) is 6.08 Å². The Morgan fingerprint density at radius 3 is 2.41 bits per heavy atom. The zero-order chi connectivity index (χ0) is 19.8. The van der Waals surface area contributed by atoms with Crippen molar-refractivity contribution in [2.24, 2.45) is 0 Å². The van der Waals surface area contributed by atoms with Crippen LogP contribution < -0.4 is 14.8 Å². The van der Waals surface area contributed by atoms with Gasteiger partial charge in [0.05, 0.1) is 14.3 Å². The average Bonchev–Trinajstić information content (AvgIpc) is 2.66. The van der Waals surface area contributed by atoms with Crippen molar-refractivity contribution >= 4 is 62.9 Å². The summed E-state index contributed by atoms with van der Waals surface area (Å²) >= 11 is 4.33. The van der Waals surface area contributed by atoms with Crippen molar-refractivity contribution in [1.29, 1.82) is 5.26 Å². The first-order valence-corrected chi connectivity index (χ1v) is 9.94. The Bertz CT molecular complexity index is 893. The molecule has 2 aromatic carbocycles. The predicted molar refractivity (Wildman–Crippen MR) is 123 cm³/mol. The maximum atomic E-state index is 12.4. The van der Waals surface area contributed by atoms with E-state index in [1.165, 1.54) is 0 Å². The van der Waals surface area contributed by atoms with E-state index in [-0.39, 0.29) is 5.57 Å². The highest BCUT2D eigenvalue weighted by atomic mass is 127. The van der Waals surface area contributed by atoms with E-state index in [9.17, 15) is 10.1 Å². The molecule has 0 spiro atoms. The molecule has 0 saturated carbocycles. The molecular weight excluding hydrogens is 570 g/mol. The van der Waals surface area contributed by atoms with Gasteiger partial charge < -0.3 is 14.8 Å². The number of ether oxygens (including phenoxy) is 2. The molecule has 5 nitrogen and oxygen atoms in total. The minimum Gasteiger partial charge on any atom is -0.497 e. The Morgan fingerprint density at radius 1 is 1.26 bits per heavy atom. The van der Waals surface area contributed by atoms with Crippen LogP contribution in [0.5, 0.6) is 11.5 Å². The van der Waals surface area contributed by atoms with E-state index in [0.29, 0.717) is 18.0 Å². The number of nitriles is 1. The fraction of sp³-hybridized carbons (Fsp3) is 0.100. The fourth-order valence-corrected chi connectivity index (χ4v) is 4.26. The maximum absolute atomic E-state index is 12.4. The van der Waals surface area contributed by atoms with Crippen molar-refractivity contribution < 1.29 is 14.3 Å². The molecule has 0 atom stereocenters. The summed E-state index contributed by atoms with van der Waals surface area (Å²) in [5.41, 5.74) is 1.34. The Morgan fingerprint density at radius 2 is 1.89 bits per heavy atom. The highest BCUT2D eigenvalue weighted by Gasteiger charge is 2.12. The third-order valence-electron chi connectivity index (χ3n) is 3.39. The molecule has 0 aromatic heterocycles. The summed E-state index contributed by atoms with van der Waals surface area (Å²) in [6, 6.07) is 12.6. The molecule has 0 fully saturated rings. The molecule has 27 heavy (non-hydrogen) atoms. The largest absolute Gasteiger partial charge is 0.497 e. The predicted octanol–water partition coefficient (Wildman–Crippen LogP) is 5.01. The Kier molecular flexibility index (Phi) is 8.12. The topological polar surface area (TPSA) is 71.3 Å². The van der Waals surface area contributed by atoms with Crippen LogP contribution in [0.2, 0.25) is 0 Å². The monoisotopic (exact) mass is 586 g/mol. The molecular formula is C20H16I2N2O3. The normalized spacial score (nSPS) is 10.7. The van der Waals surface area contributed by atoms with Gasteiger partial charge in [0, 0.05) is 5.69 Å². The zero-order valence-electron chi connectivity index (χ0n) is 14.5. The van der Waals surface area contributed by atoms with Gasteiger partial charge >= 0.3 is 0 Å². The number of hydrogen-bond acceptors (Lipinski definition) is 4. The second-order valence-corrected chi connectivity index (χ2v) is 7.59. The molecule has 1 amide bonds. The lowest BCUT2D eigenvalue weighted by Gasteiger charge is -2.10. The quantitative estimate of drug-likeness (QED) is 0.214. The Labute approximate surface area is 185 Å². The highest BCUT2D eigenvalue weighted by molar-refractivity contribution is 14.1. The van der Waals surface area contributed by atoms with Crippen molar-refractivity contribution in [1.82, 2.24) is 0 Å². The first-order valence-electron chi connectivity index (χ1n) is 7.78. The number of rotatable bonds is 7. The van der Waals surface area contributed by atoms with Crippen LogP contribution >= 0.6 is 45.2 Å². The van der Waals surface area contributed by atoms with Gasteiger partial charge in [-0.15, -0.1) is 0 Å². The third-order valence-corrected chi connectivity index (χ3v) is 4.99. The fourth-order valence-electron chi connectivity index (χ4n) is 2.13. The van der Waals surface area contributed by atoms with E-state index >= 15 is 0 Å². The minimum absolute atomic E-state index is 0.0113. The SMILES string of the molecule is C=CCOc1c(I)cc(/C=C(/C#N)C(=O)Nc2ccc(OC)cc2)cc1I. The van der Waals surface area contributed by atoms with E-state index in [1.807, 2.05) is 18.2 Å². The van der Waals surface area contributed by atoms with E-state index < -0.39 is 5.91 Å². The number of nitrogens with one attached hydrogen (secondary N) is 1. The van der Waals surface area contributed by atoms with Crippen molar-refractivity contribution in [3.8, 4) is 17.6 Å². The average molecular weight is 586 g/mol. The summed E-state index contributed by atoms with van der Waals surface area (Å²) in [7, 11) is 1.57. The number of methoxy groups -OCH3 is 1. The molecule has 7 heteroatoms. The van der Waals surface area contributed by atoms with Gasteiger partial charge in [0.25, 0.3) is 5.91 Å². The van der Waals surface area contributed by atoms with Crippen molar-refractivity contribution in [2.75, 3.05) is 19.0 Å². The number of nitrogens with zero attached hydrogens (tertiary/aromatic N) is 1. The lowest BCUT2D eigenvalue weighted by molar-refractivity contribution is -0.112. The summed E-state index contributed by atoms with van der Waals surface area (Å²) in [6.45, 7) is 4.05. The van der Waals surface area contributed by atoms with E-state index in [4.69, 9.17) is 9.47 Å². The lowest BCUT2D eigenvalue weighted by Crippen LogP contribution is -2.13. The molecule has 0 heterocycles. The van der Waals surface area contributed by atoms with Gasteiger partial charge in [-0.25, -0.2) is 0 Å². The standard InChI is InChI=1S/C20H16I2N2O3/c1-3-8-27-19-17(21)10-13(11-18(19)22)9-14(12-23)20(25)24-15-4-6-16(26-2)7-5-15/h3-7,9-11H,1,8H2,2H3,(H,24,25)/b14-9-. The first kappa shape index (κ1) is 21.2. The van der Waals surface area contributed by atoms with Crippen molar-refractivity contribution in [3.05, 3.63) is 67.3 Å². The van der Waals surface area contributed by atoms with Crippen LogP contribution in [-0.2, 0) is 4.79 Å². The molecule has 0 aliphatic carbocycles. The molecule has 138 valence electrons. The summed E-state index contributed by atoms with van der Waals surface area (Å²) < 4.78 is 12.5. The molecule has 2 aromatic rings. The van der Waals surface area contributed by atoms with Crippen LogP contribution in [0.3, 0.4) is 0 Å². The van der Waals surface area contributed by atoms with E-state index in [2.05, 4.69) is 57.1 Å². The number of amides is 1. The Balaban J connectivity index is 2.22. The van der Waals surface area contributed by atoms with Crippen molar-refractivity contribution in [2.45, 2.75) is 0 Å². The summed E-state index contributed by atoms with van der Waals surface area (Å²) in [5.74, 6) is 0.973. The first-order chi connectivity index (χ1) is 13.0. The van der Waals surface area contributed by atoms with Gasteiger partial charge in [0.15, 0.2) is 0 Å². The minimum atomic E-state index is -0.473. The summed E-state index contributed by atoms with van der Waals surface area (Å²) in [5, 5.41) is 12.1. The number of benzene rings is 2. The van der Waals surface area contributed by atoms with Crippen LogP contribution in [0.4, 0.5) is 5.69 Å². The van der Waals surface area contributed by atoms with E-state index in [0.717, 1.165) is 18.5 Å². The van der Waals surface area contributed by atoms with Crippen LogP contribution in [0.15, 0.2) is 54.6 Å². The molecule has 2 rings (SSSR count). The van der Waals surface area contributed by atoms with Crippen molar-refractivity contribution in [3.63, 3.8) is 0 Å². The number of hydrogen-bond donors (Lipinski definition) is 1. The Hall–Kier alpha value is -2.06. The molecule has 0 unspecified atom stereocenters. The third kappa shape index (κ3) is 5.97. The van der Waals surface area contributed by atoms with Gasteiger partial charge in [-0.1, -0.05) is 12.7 Å². The molecule has 0 radical (unpaired) electrons. The van der Waals surface area contributed by atoms with Gasteiger partial charge in [-0.05, 0) is 93.2 Å². The molecule has 1 N–H and O–H groups in total. The van der Waals surface area contributed by atoms with Crippen LogP contribution in [-0.4, -0.2) is 19.6 Å². The number of halogens is 2. The smallest absolute Gasteiger partial charge is 0.266 e. The number of carbonyl (C=O) groups excluding carboxylic acids is 1. The van der Waals surface area contributed by atoms with Gasteiger partial charge in [-0.3, -0.25) is 4.79 Å². The number of anilines is 1. The van der Waals surface area contributed by atoms with Crippen LogP contribution in [0, 0.1) is 18.5 Å². The van der Waals surface area contributed by atoms with Gasteiger partial charge in [0.2, 0.25) is 0 Å². The van der Waals surface area contributed by atoms with Gasteiger partial charge in [0.1, 0.15) is 29.7 Å². The van der Waals surface area contributed by atoms with E-state index in [1.54, 1.807) is 43.5 Å². The molecule has 0 aliphatic heterocycles. The zero-order valence-corrected chi connectivity index (χ0v) is 18.8. The second-order valence-electron chi connectivity index (χ2n) is 5.27. The molecule has 0 bridgehead atoms.